The van der Waals surface area contributed by atoms with Crippen LogP contribution in [0.1, 0.15) is 18.4 Å². The van der Waals surface area contributed by atoms with Gasteiger partial charge in [0.1, 0.15) is 19.1 Å². The predicted molar refractivity (Wildman–Crippen MR) is 82.3 cm³/mol. The van der Waals surface area contributed by atoms with Crippen LogP contribution in [-0.4, -0.2) is 37.6 Å². The lowest BCUT2D eigenvalue weighted by atomic mass is 9.87. The fourth-order valence-electron chi connectivity index (χ4n) is 2.80. The summed E-state index contributed by atoms with van der Waals surface area (Å²) in [6.45, 7) is 0.937. The third-order valence-corrected chi connectivity index (χ3v) is 4.71. The van der Waals surface area contributed by atoms with Crippen LogP contribution in [0.5, 0.6) is 0 Å². The van der Waals surface area contributed by atoms with Crippen LogP contribution in [0.3, 0.4) is 0 Å². The molecule has 2 radical (unpaired) electrons. The summed E-state index contributed by atoms with van der Waals surface area (Å²) >= 11 is 12.3. The van der Waals surface area contributed by atoms with E-state index in [1.54, 1.807) is 12.1 Å². The van der Waals surface area contributed by atoms with Crippen LogP contribution in [0, 0.1) is 0 Å². The molecule has 0 aromatic heterocycles. The maximum absolute atomic E-state index is 12.3. The van der Waals surface area contributed by atoms with Crippen LogP contribution < -0.4 is 10.8 Å². The molecule has 1 saturated heterocycles. The third kappa shape index (κ3) is 2.24. The van der Waals surface area contributed by atoms with E-state index in [-0.39, 0.29) is 26.9 Å². The smallest absolute Gasteiger partial charge is 0.256 e. The maximum Gasteiger partial charge on any atom is 0.256 e. The minimum Gasteiger partial charge on any atom is -0.509 e. The first-order chi connectivity index (χ1) is 9.96. The van der Waals surface area contributed by atoms with Crippen molar-refractivity contribution in [2.45, 2.75) is 18.4 Å². The van der Waals surface area contributed by atoms with E-state index in [1.807, 2.05) is 0 Å². The molecule has 1 spiro atoms. The Balaban J connectivity index is 2.17. The summed E-state index contributed by atoms with van der Waals surface area (Å²) in [5, 5.41) is 13.9. The van der Waals surface area contributed by atoms with Gasteiger partial charge in [-0.25, -0.2) is 0 Å². The second-order valence-corrected chi connectivity index (χ2v) is 5.98. The highest BCUT2D eigenvalue weighted by molar-refractivity contribution is 6.49. The molecule has 2 N–H and O–H groups in total. The van der Waals surface area contributed by atoms with Crippen LogP contribution in [-0.2, 0) is 9.53 Å². The van der Waals surface area contributed by atoms with E-state index in [4.69, 9.17) is 35.8 Å². The highest BCUT2D eigenvalue weighted by Gasteiger charge is 2.47. The monoisotopic (exact) mass is 323 g/mol. The third-order valence-electron chi connectivity index (χ3n) is 3.99. The van der Waals surface area contributed by atoms with E-state index in [0.29, 0.717) is 31.5 Å². The summed E-state index contributed by atoms with van der Waals surface area (Å²) in [6, 6.07) is 3.11. The van der Waals surface area contributed by atoms with Crippen molar-refractivity contribution in [3.8, 4) is 0 Å². The SMILES string of the molecule is [B]c1ccc(Cl)c(C2=C(O)C3(CCOCC3)NC2=O)c1Cl. The highest BCUT2D eigenvalue weighted by atomic mass is 35.5. The van der Waals surface area contributed by atoms with Gasteiger partial charge < -0.3 is 15.2 Å². The van der Waals surface area contributed by atoms with Crippen molar-refractivity contribution in [1.82, 2.24) is 5.32 Å². The molecule has 4 nitrogen and oxygen atoms in total. The van der Waals surface area contributed by atoms with Crippen LogP contribution in [0.15, 0.2) is 17.9 Å². The quantitative estimate of drug-likeness (QED) is 0.774. The van der Waals surface area contributed by atoms with Gasteiger partial charge in [0.15, 0.2) is 0 Å². The number of hydrogen-bond acceptors (Lipinski definition) is 3. The lowest BCUT2D eigenvalue weighted by molar-refractivity contribution is -0.117. The van der Waals surface area contributed by atoms with Gasteiger partial charge >= 0.3 is 0 Å². The second-order valence-electron chi connectivity index (χ2n) is 5.20. The number of aliphatic hydroxyl groups is 1. The van der Waals surface area contributed by atoms with E-state index in [9.17, 15) is 9.90 Å². The minimum absolute atomic E-state index is 0.0369. The molecule has 3 rings (SSSR count). The first-order valence-electron chi connectivity index (χ1n) is 6.54. The van der Waals surface area contributed by atoms with Gasteiger partial charge in [-0.2, -0.15) is 0 Å². The lowest BCUT2D eigenvalue weighted by Gasteiger charge is -2.33. The number of benzene rings is 1. The average Bonchev–Trinajstić information content (AvgIpc) is 2.69. The Morgan fingerprint density at radius 2 is 1.95 bits per heavy atom. The van der Waals surface area contributed by atoms with Crippen LogP contribution in [0.2, 0.25) is 10.0 Å². The summed E-state index contributed by atoms with van der Waals surface area (Å²) < 4.78 is 5.29. The predicted octanol–water partition coefficient (Wildman–Crippen LogP) is 1.74. The van der Waals surface area contributed by atoms with Crippen molar-refractivity contribution in [2.75, 3.05) is 13.2 Å². The number of aliphatic hydroxyl groups excluding tert-OH is 1. The van der Waals surface area contributed by atoms with Crippen molar-refractivity contribution in [3.05, 3.63) is 33.5 Å². The molecule has 1 aromatic carbocycles. The Morgan fingerprint density at radius 3 is 2.62 bits per heavy atom. The molecule has 2 heterocycles. The molecular weight excluding hydrogens is 312 g/mol. The molecule has 0 atom stereocenters. The Kier molecular flexibility index (Phi) is 3.68. The Bertz CT molecular complexity index is 654. The number of ether oxygens (including phenoxy) is 1. The van der Waals surface area contributed by atoms with E-state index < -0.39 is 11.4 Å². The van der Waals surface area contributed by atoms with Gasteiger partial charge in [-0.15, -0.1) is 0 Å². The summed E-state index contributed by atoms with van der Waals surface area (Å²) in [7, 11) is 5.77. The van der Waals surface area contributed by atoms with Crippen molar-refractivity contribution >= 4 is 48.0 Å². The first kappa shape index (κ1) is 14.8. The zero-order valence-corrected chi connectivity index (χ0v) is 12.6. The van der Waals surface area contributed by atoms with Gasteiger partial charge in [-0.3, -0.25) is 4.79 Å². The first-order valence-corrected chi connectivity index (χ1v) is 7.30. The average molecular weight is 324 g/mol. The van der Waals surface area contributed by atoms with Crippen molar-refractivity contribution in [3.63, 3.8) is 0 Å². The Labute approximate surface area is 133 Å². The van der Waals surface area contributed by atoms with Gasteiger partial charge in [-0.1, -0.05) is 34.7 Å². The van der Waals surface area contributed by atoms with Gasteiger partial charge in [0.25, 0.3) is 5.91 Å². The molecule has 21 heavy (non-hydrogen) atoms. The zero-order valence-electron chi connectivity index (χ0n) is 11.1. The van der Waals surface area contributed by atoms with Crippen LogP contribution >= 0.6 is 23.2 Å². The maximum atomic E-state index is 12.3. The van der Waals surface area contributed by atoms with E-state index in [0.717, 1.165) is 0 Å². The molecule has 0 aliphatic carbocycles. The molecule has 1 aromatic rings. The molecular formula is C14H12BCl2NO3. The van der Waals surface area contributed by atoms with E-state index in [1.165, 1.54) is 0 Å². The molecule has 2 aliphatic rings. The molecule has 0 saturated carbocycles. The number of carbonyl (C=O) groups is 1. The second kappa shape index (κ2) is 5.23. The Hall–Kier alpha value is -1.17. The molecule has 1 amide bonds. The van der Waals surface area contributed by atoms with Gasteiger partial charge in [0.2, 0.25) is 0 Å². The zero-order chi connectivity index (χ0) is 15.2. The molecule has 2 aliphatic heterocycles. The van der Waals surface area contributed by atoms with E-state index in [2.05, 4.69) is 5.32 Å². The van der Waals surface area contributed by atoms with Gasteiger partial charge in [0.05, 0.1) is 10.6 Å². The summed E-state index contributed by atoms with van der Waals surface area (Å²) in [5.41, 5.74) is -0.116. The number of hydrogen-bond donors (Lipinski definition) is 2. The number of carbonyl (C=O) groups excluding carboxylic acids is 1. The van der Waals surface area contributed by atoms with Crippen LogP contribution in [0.4, 0.5) is 0 Å². The number of nitrogens with one attached hydrogen (secondary N) is 1. The van der Waals surface area contributed by atoms with Gasteiger partial charge in [0, 0.05) is 36.6 Å². The summed E-state index contributed by atoms with van der Waals surface area (Å²) in [6.07, 6.45) is 1.01. The number of rotatable bonds is 1. The van der Waals surface area contributed by atoms with Crippen molar-refractivity contribution < 1.29 is 14.6 Å². The normalized spacial score (nSPS) is 21.0. The van der Waals surface area contributed by atoms with Gasteiger partial charge in [-0.05, 0) is 6.07 Å². The van der Waals surface area contributed by atoms with Crippen molar-refractivity contribution in [1.29, 1.82) is 0 Å². The molecule has 1 fully saturated rings. The largest absolute Gasteiger partial charge is 0.509 e. The summed E-state index contributed by atoms with van der Waals surface area (Å²) in [5.74, 6) is -0.436. The fraction of sp³-hybridized carbons (Fsp3) is 0.357. The molecule has 108 valence electrons. The highest BCUT2D eigenvalue weighted by Crippen LogP contribution is 2.41. The number of halogens is 2. The number of amides is 1. The molecule has 0 bridgehead atoms. The Morgan fingerprint density at radius 1 is 1.29 bits per heavy atom. The standard InChI is InChI=1S/C14H12BCl2NO3/c15-7-1-2-8(16)9(11(7)17)10-12(19)14(18-13(10)20)3-5-21-6-4-14/h1-2,19H,3-6H2,(H,18,20). The fourth-order valence-corrected chi connectivity index (χ4v) is 3.36. The summed E-state index contributed by atoms with van der Waals surface area (Å²) in [4.78, 5) is 12.3. The van der Waals surface area contributed by atoms with Crippen molar-refractivity contribution in [2.24, 2.45) is 0 Å². The van der Waals surface area contributed by atoms with Crippen LogP contribution in [0.25, 0.3) is 5.57 Å². The minimum atomic E-state index is -0.790. The topological polar surface area (TPSA) is 58.6 Å². The van der Waals surface area contributed by atoms with E-state index >= 15 is 0 Å². The molecule has 7 heteroatoms. The lowest BCUT2D eigenvalue weighted by Crippen LogP contribution is -2.48. The molecule has 0 unspecified atom stereocenters.